The second kappa shape index (κ2) is 8.71. The molecule has 0 spiro atoms. The molecule has 1 aromatic carbocycles. The van der Waals surface area contributed by atoms with E-state index < -0.39 is 11.5 Å². The average Bonchev–Trinajstić information content (AvgIpc) is 2.77. The molecule has 172 valence electrons. The van der Waals surface area contributed by atoms with E-state index in [1.807, 2.05) is 32.0 Å². The normalized spacial score (nSPS) is 15.3. The van der Waals surface area contributed by atoms with Crippen molar-refractivity contribution in [3.05, 3.63) is 70.3 Å². The first-order chi connectivity index (χ1) is 15.6. The Morgan fingerprint density at radius 1 is 1.21 bits per heavy atom. The zero-order chi connectivity index (χ0) is 23.8. The molecular weight excluding hydrogens is 418 g/mol. The Hall–Kier alpha value is -3.65. The number of primary amides is 1. The number of anilines is 3. The Bertz CT molecular complexity index is 1240. The van der Waals surface area contributed by atoms with Gasteiger partial charge in [0.15, 0.2) is 0 Å². The van der Waals surface area contributed by atoms with Gasteiger partial charge in [-0.05, 0) is 62.1 Å². The summed E-state index contributed by atoms with van der Waals surface area (Å²) in [7, 11) is 1.69. The summed E-state index contributed by atoms with van der Waals surface area (Å²) in [5.41, 5.74) is 8.90. The molecule has 0 aliphatic carbocycles. The van der Waals surface area contributed by atoms with Gasteiger partial charge in [0.05, 0.1) is 17.5 Å². The third kappa shape index (κ3) is 4.75. The zero-order valence-electron chi connectivity index (χ0n) is 19.1. The van der Waals surface area contributed by atoms with Gasteiger partial charge in [0.1, 0.15) is 11.5 Å². The average molecular weight is 448 g/mol. The number of nitrogens with one attached hydrogen (secondary N) is 1. The first-order valence-electron chi connectivity index (χ1n) is 11.0. The Morgan fingerprint density at radius 3 is 2.58 bits per heavy atom. The molecule has 33 heavy (non-hydrogen) atoms. The number of nitrogens with two attached hydrogens (primary N) is 1. The van der Waals surface area contributed by atoms with Gasteiger partial charge in [-0.2, -0.15) is 0 Å². The minimum atomic E-state index is -0.605. The van der Waals surface area contributed by atoms with Crippen molar-refractivity contribution in [2.45, 2.75) is 32.3 Å². The third-order valence-electron chi connectivity index (χ3n) is 6.31. The fourth-order valence-electron chi connectivity index (χ4n) is 4.20. The molecule has 0 atom stereocenters. The minimum Gasteiger partial charge on any atom is -0.390 e. The van der Waals surface area contributed by atoms with Crippen LogP contribution in [-0.4, -0.2) is 39.3 Å². The SMILES string of the molecule is Cc1c(C(N)=O)cccc1-c1cc(Nc2ccc(N3CCC(C)(O)CC3)cn2)c(=O)n(C)c1. The van der Waals surface area contributed by atoms with Crippen LogP contribution in [0.4, 0.5) is 17.2 Å². The van der Waals surface area contributed by atoms with Crippen molar-refractivity contribution in [2.24, 2.45) is 12.8 Å². The molecule has 1 fully saturated rings. The second-order valence-corrected chi connectivity index (χ2v) is 8.91. The van der Waals surface area contributed by atoms with Gasteiger partial charge in [-0.3, -0.25) is 9.59 Å². The highest BCUT2D eigenvalue weighted by Crippen LogP contribution is 2.28. The summed E-state index contributed by atoms with van der Waals surface area (Å²) in [6.45, 7) is 5.26. The maximum Gasteiger partial charge on any atom is 0.274 e. The number of pyridine rings is 2. The van der Waals surface area contributed by atoms with E-state index in [2.05, 4.69) is 15.2 Å². The quantitative estimate of drug-likeness (QED) is 0.554. The van der Waals surface area contributed by atoms with Crippen molar-refractivity contribution in [3.8, 4) is 11.1 Å². The number of benzene rings is 1. The van der Waals surface area contributed by atoms with Crippen molar-refractivity contribution in [1.82, 2.24) is 9.55 Å². The molecule has 1 aliphatic rings. The molecule has 1 saturated heterocycles. The predicted molar refractivity (Wildman–Crippen MR) is 130 cm³/mol. The highest BCUT2D eigenvalue weighted by Gasteiger charge is 2.27. The fraction of sp³-hybridized carbons (Fsp3) is 0.320. The summed E-state index contributed by atoms with van der Waals surface area (Å²) in [6, 6.07) is 10.9. The fourth-order valence-corrected chi connectivity index (χ4v) is 4.20. The van der Waals surface area contributed by atoms with E-state index in [-0.39, 0.29) is 5.56 Å². The number of hydrogen-bond acceptors (Lipinski definition) is 6. The van der Waals surface area contributed by atoms with Crippen molar-refractivity contribution in [2.75, 3.05) is 23.3 Å². The largest absolute Gasteiger partial charge is 0.390 e. The van der Waals surface area contributed by atoms with Crippen LogP contribution < -0.4 is 21.5 Å². The van der Waals surface area contributed by atoms with E-state index in [0.717, 1.165) is 35.5 Å². The highest BCUT2D eigenvalue weighted by atomic mass is 16.3. The summed E-state index contributed by atoms with van der Waals surface area (Å²) < 4.78 is 1.50. The summed E-state index contributed by atoms with van der Waals surface area (Å²) in [5, 5.41) is 13.3. The first-order valence-corrected chi connectivity index (χ1v) is 11.0. The second-order valence-electron chi connectivity index (χ2n) is 8.91. The van der Waals surface area contributed by atoms with Crippen LogP contribution in [0.25, 0.3) is 11.1 Å². The molecule has 4 rings (SSSR count). The summed E-state index contributed by atoms with van der Waals surface area (Å²) in [6.07, 6.45) is 4.94. The van der Waals surface area contributed by atoms with Gasteiger partial charge in [-0.15, -0.1) is 0 Å². The Morgan fingerprint density at radius 2 is 1.94 bits per heavy atom. The number of carbonyl (C=O) groups is 1. The topological polar surface area (TPSA) is 113 Å². The van der Waals surface area contributed by atoms with Crippen LogP contribution in [0.1, 0.15) is 35.7 Å². The molecule has 2 aromatic heterocycles. The van der Waals surface area contributed by atoms with Gasteiger partial charge < -0.3 is 25.6 Å². The van der Waals surface area contributed by atoms with Crippen LogP contribution in [0.15, 0.2) is 53.6 Å². The number of hydrogen-bond donors (Lipinski definition) is 3. The molecule has 0 saturated carbocycles. The zero-order valence-corrected chi connectivity index (χ0v) is 19.1. The van der Waals surface area contributed by atoms with Crippen molar-refractivity contribution in [1.29, 1.82) is 0 Å². The number of amides is 1. The monoisotopic (exact) mass is 447 g/mol. The Kier molecular flexibility index (Phi) is 5.95. The van der Waals surface area contributed by atoms with Gasteiger partial charge in [0.25, 0.3) is 5.56 Å². The van der Waals surface area contributed by atoms with E-state index in [1.54, 1.807) is 37.6 Å². The van der Waals surface area contributed by atoms with Crippen LogP contribution >= 0.6 is 0 Å². The van der Waals surface area contributed by atoms with Crippen LogP contribution in [0.3, 0.4) is 0 Å². The van der Waals surface area contributed by atoms with Crippen LogP contribution in [0.2, 0.25) is 0 Å². The van der Waals surface area contributed by atoms with Crippen molar-refractivity contribution in [3.63, 3.8) is 0 Å². The molecule has 1 aliphatic heterocycles. The minimum absolute atomic E-state index is 0.188. The third-order valence-corrected chi connectivity index (χ3v) is 6.31. The summed E-state index contributed by atoms with van der Waals surface area (Å²) in [4.78, 5) is 31.2. The van der Waals surface area contributed by atoms with E-state index in [0.29, 0.717) is 29.9 Å². The molecule has 4 N–H and O–H groups in total. The number of aromatic nitrogens is 2. The van der Waals surface area contributed by atoms with Gasteiger partial charge in [0.2, 0.25) is 5.91 Å². The van der Waals surface area contributed by atoms with Gasteiger partial charge >= 0.3 is 0 Å². The molecule has 0 radical (unpaired) electrons. The highest BCUT2D eigenvalue weighted by molar-refractivity contribution is 5.96. The molecule has 8 nitrogen and oxygen atoms in total. The lowest BCUT2D eigenvalue weighted by Crippen LogP contribution is -2.42. The predicted octanol–water partition coefficient (Wildman–Crippen LogP) is 2.95. The lowest BCUT2D eigenvalue weighted by Gasteiger charge is -2.37. The van der Waals surface area contributed by atoms with Crippen LogP contribution in [0.5, 0.6) is 0 Å². The van der Waals surface area contributed by atoms with E-state index in [9.17, 15) is 14.7 Å². The van der Waals surface area contributed by atoms with Crippen LogP contribution in [-0.2, 0) is 7.05 Å². The number of rotatable bonds is 5. The number of nitrogens with zero attached hydrogens (tertiary/aromatic N) is 3. The lowest BCUT2D eigenvalue weighted by molar-refractivity contribution is 0.0351. The lowest BCUT2D eigenvalue weighted by atomic mass is 9.94. The first kappa shape index (κ1) is 22.5. The molecular formula is C25H29N5O3. The number of piperidine rings is 1. The molecule has 3 aromatic rings. The molecule has 8 heteroatoms. The molecule has 3 heterocycles. The summed E-state index contributed by atoms with van der Waals surface area (Å²) in [5.74, 6) is 0.0683. The smallest absolute Gasteiger partial charge is 0.274 e. The van der Waals surface area contributed by atoms with Crippen molar-refractivity contribution >= 4 is 23.1 Å². The molecule has 1 amide bonds. The molecule has 0 unspecified atom stereocenters. The number of carbonyl (C=O) groups excluding carboxylic acids is 1. The van der Waals surface area contributed by atoms with Gasteiger partial charge in [0, 0.05) is 37.5 Å². The standard InChI is InChI=1S/C25H29N5O3/c1-16-19(5-4-6-20(16)23(26)31)17-13-21(24(32)29(3)15-17)28-22-8-7-18(14-27-22)30-11-9-25(2,33)10-12-30/h4-8,13-15,33H,9-12H2,1-3H3,(H2,26,31)(H,27,28). The summed E-state index contributed by atoms with van der Waals surface area (Å²) >= 11 is 0. The van der Waals surface area contributed by atoms with Gasteiger partial charge in [-0.25, -0.2) is 4.98 Å². The van der Waals surface area contributed by atoms with E-state index in [1.165, 1.54) is 4.57 Å². The Labute approximate surface area is 192 Å². The van der Waals surface area contributed by atoms with Crippen LogP contribution in [0, 0.1) is 6.92 Å². The Balaban J connectivity index is 1.59. The van der Waals surface area contributed by atoms with E-state index in [4.69, 9.17) is 5.73 Å². The number of aliphatic hydroxyl groups is 1. The van der Waals surface area contributed by atoms with E-state index >= 15 is 0 Å². The maximum atomic E-state index is 12.8. The number of aryl methyl sites for hydroxylation is 1. The van der Waals surface area contributed by atoms with Gasteiger partial charge in [-0.1, -0.05) is 12.1 Å². The molecule has 0 bridgehead atoms. The van der Waals surface area contributed by atoms with Crippen molar-refractivity contribution < 1.29 is 9.90 Å². The maximum absolute atomic E-state index is 12.8.